The molecule has 0 amide bonds. The van der Waals surface area contributed by atoms with Crippen LogP contribution >= 0.6 is 0 Å². The molecule has 1 fully saturated rings. The van der Waals surface area contributed by atoms with Crippen LogP contribution in [0.25, 0.3) is 11.1 Å². The lowest BCUT2D eigenvalue weighted by atomic mass is 9.79. The van der Waals surface area contributed by atoms with Crippen molar-refractivity contribution in [2.24, 2.45) is 0 Å². The lowest BCUT2D eigenvalue weighted by Crippen LogP contribution is -2.41. The van der Waals surface area contributed by atoms with E-state index in [2.05, 4.69) is 4.98 Å². The Morgan fingerprint density at radius 3 is 2.39 bits per heavy atom. The summed E-state index contributed by atoms with van der Waals surface area (Å²) in [6.45, 7) is 8.17. The van der Waals surface area contributed by atoms with Gasteiger partial charge in [-0.3, -0.25) is 0 Å². The Morgan fingerprint density at radius 2 is 1.72 bits per heavy atom. The van der Waals surface area contributed by atoms with Gasteiger partial charge in [0.2, 0.25) is 0 Å². The molecule has 0 bridgehead atoms. The molecule has 4 nitrogen and oxygen atoms in total. The molecule has 0 atom stereocenters. The van der Waals surface area contributed by atoms with E-state index < -0.39 is 0 Å². The van der Waals surface area contributed by atoms with Crippen molar-refractivity contribution in [1.29, 1.82) is 0 Å². The number of oxazole rings is 1. The molecule has 18 heavy (non-hydrogen) atoms. The van der Waals surface area contributed by atoms with Gasteiger partial charge in [-0.15, -0.1) is 0 Å². The summed E-state index contributed by atoms with van der Waals surface area (Å²) in [6, 6.07) is 5.80. The maximum atomic E-state index is 5.99. The minimum Gasteiger partial charge on any atom is -0.443 e. The molecule has 2 heterocycles. The highest BCUT2D eigenvalue weighted by atomic mass is 16.7. The number of nitrogens with zero attached hydrogens (tertiary/aromatic N) is 1. The smallest absolute Gasteiger partial charge is 0.443 e. The van der Waals surface area contributed by atoms with Gasteiger partial charge in [0.25, 0.3) is 0 Å². The molecule has 94 valence electrons. The third-order valence-electron chi connectivity index (χ3n) is 3.88. The summed E-state index contributed by atoms with van der Waals surface area (Å²) in [6.07, 6.45) is 1.44. The van der Waals surface area contributed by atoms with Crippen LogP contribution in [0.2, 0.25) is 0 Å². The van der Waals surface area contributed by atoms with Gasteiger partial charge < -0.3 is 13.7 Å². The minimum absolute atomic E-state index is 0.325. The molecular weight excluding hydrogens is 229 g/mol. The second-order valence-electron chi connectivity index (χ2n) is 5.67. The molecule has 0 saturated carbocycles. The Labute approximate surface area is 106 Å². The van der Waals surface area contributed by atoms with Crippen molar-refractivity contribution in [2.45, 2.75) is 38.9 Å². The van der Waals surface area contributed by atoms with Crippen LogP contribution in [0, 0.1) is 0 Å². The highest BCUT2D eigenvalue weighted by Crippen LogP contribution is 2.36. The van der Waals surface area contributed by atoms with Gasteiger partial charge in [-0.25, -0.2) is 4.98 Å². The molecule has 0 aliphatic carbocycles. The van der Waals surface area contributed by atoms with E-state index in [1.165, 1.54) is 6.39 Å². The van der Waals surface area contributed by atoms with Crippen molar-refractivity contribution in [3.05, 3.63) is 24.6 Å². The first kappa shape index (κ1) is 11.7. The Balaban J connectivity index is 1.96. The van der Waals surface area contributed by atoms with Crippen LogP contribution in [-0.4, -0.2) is 23.3 Å². The third-order valence-corrected chi connectivity index (χ3v) is 3.88. The largest absolute Gasteiger partial charge is 0.494 e. The number of benzene rings is 1. The zero-order chi connectivity index (χ0) is 13.0. The molecule has 5 heteroatoms. The first-order valence-corrected chi connectivity index (χ1v) is 6.08. The van der Waals surface area contributed by atoms with Gasteiger partial charge >= 0.3 is 7.12 Å². The standard InChI is InChI=1S/C13H16BNO3/c1-12(2)13(3,4)18-14(17-12)9-5-6-10-11(7-9)16-8-15-10/h5-8H,1-4H3. The predicted molar refractivity (Wildman–Crippen MR) is 69.7 cm³/mol. The number of rotatable bonds is 1. The SMILES string of the molecule is CC1(C)OB(c2ccc3ncoc3c2)OC1(C)C. The highest BCUT2D eigenvalue weighted by Gasteiger charge is 2.51. The number of hydrogen-bond donors (Lipinski definition) is 0. The van der Waals surface area contributed by atoms with Gasteiger partial charge in [0, 0.05) is 0 Å². The maximum absolute atomic E-state index is 5.99. The molecule has 0 unspecified atom stereocenters. The van der Waals surface area contributed by atoms with Crippen LogP contribution in [0.4, 0.5) is 0 Å². The van der Waals surface area contributed by atoms with Crippen molar-refractivity contribution in [3.8, 4) is 0 Å². The fourth-order valence-electron chi connectivity index (χ4n) is 2.00. The van der Waals surface area contributed by atoms with E-state index in [9.17, 15) is 0 Å². The molecule has 1 aromatic carbocycles. The first-order chi connectivity index (χ1) is 8.39. The molecule has 1 aliphatic heterocycles. The van der Waals surface area contributed by atoms with E-state index in [0.29, 0.717) is 0 Å². The molecule has 0 N–H and O–H groups in total. The van der Waals surface area contributed by atoms with Crippen LogP contribution < -0.4 is 5.46 Å². The van der Waals surface area contributed by atoms with Crippen molar-refractivity contribution in [2.75, 3.05) is 0 Å². The predicted octanol–water partition coefficient (Wildman–Crippen LogP) is 2.13. The number of fused-ring (bicyclic) bond motifs is 1. The average Bonchev–Trinajstić information content (AvgIpc) is 2.80. The normalized spacial score (nSPS) is 21.7. The van der Waals surface area contributed by atoms with E-state index in [-0.39, 0.29) is 18.3 Å². The van der Waals surface area contributed by atoms with Crippen LogP contribution in [-0.2, 0) is 9.31 Å². The topological polar surface area (TPSA) is 44.5 Å². The van der Waals surface area contributed by atoms with Gasteiger partial charge in [-0.2, -0.15) is 0 Å². The minimum atomic E-state index is -0.357. The monoisotopic (exact) mass is 245 g/mol. The Hall–Kier alpha value is -1.33. The van der Waals surface area contributed by atoms with E-state index in [0.717, 1.165) is 16.6 Å². The van der Waals surface area contributed by atoms with Gasteiger partial charge in [-0.1, -0.05) is 6.07 Å². The van der Waals surface area contributed by atoms with Gasteiger partial charge in [0.15, 0.2) is 12.0 Å². The fraction of sp³-hybridized carbons (Fsp3) is 0.462. The Morgan fingerprint density at radius 1 is 1.06 bits per heavy atom. The molecule has 0 radical (unpaired) electrons. The van der Waals surface area contributed by atoms with Crippen LogP contribution in [0.5, 0.6) is 0 Å². The first-order valence-electron chi connectivity index (χ1n) is 6.08. The van der Waals surface area contributed by atoms with Crippen molar-refractivity contribution >= 4 is 23.7 Å². The van der Waals surface area contributed by atoms with Crippen LogP contribution in [0.1, 0.15) is 27.7 Å². The van der Waals surface area contributed by atoms with Crippen molar-refractivity contribution < 1.29 is 13.7 Å². The second-order valence-corrected chi connectivity index (χ2v) is 5.67. The zero-order valence-electron chi connectivity index (χ0n) is 11.1. The Kier molecular flexibility index (Phi) is 2.34. The highest BCUT2D eigenvalue weighted by molar-refractivity contribution is 6.62. The van der Waals surface area contributed by atoms with E-state index in [1.54, 1.807) is 0 Å². The summed E-state index contributed by atoms with van der Waals surface area (Å²) in [5.41, 5.74) is 1.90. The molecule has 2 aromatic rings. The zero-order valence-corrected chi connectivity index (χ0v) is 11.1. The van der Waals surface area contributed by atoms with Gasteiger partial charge in [0.05, 0.1) is 11.2 Å². The maximum Gasteiger partial charge on any atom is 0.494 e. The molecular formula is C13H16BNO3. The lowest BCUT2D eigenvalue weighted by molar-refractivity contribution is 0.00578. The Bertz CT molecular complexity index is 575. The lowest BCUT2D eigenvalue weighted by Gasteiger charge is -2.32. The van der Waals surface area contributed by atoms with Crippen LogP contribution in [0.3, 0.4) is 0 Å². The molecule has 1 aliphatic rings. The third kappa shape index (κ3) is 1.66. The van der Waals surface area contributed by atoms with Crippen LogP contribution in [0.15, 0.2) is 29.0 Å². The quantitative estimate of drug-likeness (QED) is 0.722. The fourth-order valence-corrected chi connectivity index (χ4v) is 2.00. The summed E-state index contributed by atoms with van der Waals surface area (Å²) in [5.74, 6) is 0. The molecule has 1 saturated heterocycles. The van der Waals surface area contributed by atoms with E-state index in [4.69, 9.17) is 13.7 Å². The summed E-state index contributed by atoms with van der Waals surface area (Å²) < 4.78 is 17.3. The van der Waals surface area contributed by atoms with Gasteiger partial charge in [-0.05, 0) is 45.3 Å². The average molecular weight is 245 g/mol. The summed E-state index contributed by atoms with van der Waals surface area (Å²) in [5, 5.41) is 0. The molecule has 1 aromatic heterocycles. The molecule has 0 spiro atoms. The second kappa shape index (κ2) is 3.59. The van der Waals surface area contributed by atoms with Crippen molar-refractivity contribution in [1.82, 2.24) is 4.98 Å². The van der Waals surface area contributed by atoms with Crippen molar-refractivity contribution in [3.63, 3.8) is 0 Å². The van der Waals surface area contributed by atoms with Gasteiger partial charge in [0.1, 0.15) is 5.52 Å². The summed E-state index contributed by atoms with van der Waals surface area (Å²) >= 11 is 0. The summed E-state index contributed by atoms with van der Waals surface area (Å²) in [4.78, 5) is 4.10. The summed E-state index contributed by atoms with van der Waals surface area (Å²) in [7, 11) is -0.357. The van der Waals surface area contributed by atoms with E-state index in [1.807, 2.05) is 45.9 Å². The number of hydrogen-bond acceptors (Lipinski definition) is 4. The number of aromatic nitrogens is 1. The van der Waals surface area contributed by atoms with E-state index >= 15 is 0 Å². The molecule has 3 rings (SSSR count).